The molecule has 0 saturated carbocycles. The number of piperidine rings is 1. The van der Waals surface area contributed by atoms with Crippen LogP contribution >= 0.6 is 0 Å². The Morgan fingerprint density at radius 3 is 2.84 bits per heavy atom. The van der Waals surface area contributed by atoms with Gasteiger partial charge in [-0.15, -0.1) is 0 Å². The van der Waals surface area contributed by atoms with Gasteiger partial charge in [0, 0.05) is 42.6 Å². The highest BCUT2D eigenvalue weighted by Crippen LogP contribution is 2.29. The van der Waals surface area contributed by atoms with Crippen molar-refractivity contribution < 1.29 is 0 Å². The van der Waals surface area contributed by atoms with Crippen LogP contribution in [0.1, 0.15) is 12.8 Å². The minimum atomic E-state index is 0.974. The molecule has 0 bridgehead atoms. The van der Waals surface area contributed by atoms with Crippen molar-refractivity contribution in [2.75, 3.05) is 18.0 Å². The summed E-state index contributed by atoms with van der Waals surface area (Å²) in [5.74, 6) is 0. The lowest BCUT2D eigenvalue weighted by Gasteiger charge is -2.31. The minimum Gasteiger partial charge on any atom is -0.370 e. The number of nitrogens with zero attached hydrogens (tertiary/aromatic N) is 3. The lowest BCUT2D eigenvalue weighted by Crippen LogP contribution is -2.30. The van der Waals surface area contributed by atoms with Gasteiger partial charge in [0.05, 0.1) is 6.07 Å². The summed E-state index contributed by atoms with van der Waals surface area (Å²) < 4.78 is 0. The highest BCUT2D eigenvalue weighted by atomic mass is 15.1. The first-order valence-electron chi connectivity index (χ1n) is 6.54. The first-order valence-corrected chi connectivity index (χ1v) is 6.54. The molecule has 3 rings (SSSR count). The van der Waals surface area contributed by atoms with Crippen LogP contribution in [0.25, 0.3) is 10.8 Å². The summed E-state index contributed by atoms with van der Waals surface area (Å²) >= 11 is 0. The Balaban J connectivity index is 1.90. The van der Waals surface area contributed by atoms with E-state index in [2.05, 4.69) is 34.2 Å². The number of nitriles is 1. The molecule has 0 spiro atoms. The van der Waals surface area contributed by atoms with Crippen molar-refractivity contribution in [1.29, 1.82) is 5.26 Å². The zero-order valence-electron chi connectivity index (χ0n) is 10.7. The molecule has 2 heterocycles. The largest absolute Gasteiger partial charge is 0.370 e. The number of hydrogen-bond acceptors (Lipinski definition) is 3. The van der Waals surface area contributed by atoms with Gasteiger partial charge in [0.25, 0.3) is 0 Å². The van der Waals surface area contributed by atoms with Gasteiger partial charge >= 0.3 is 0 Å². The van der Waals surface area contributed by atoms with Gasteiger partial charge in [0.15, 0.2) is 0 Å². The molecule has 1 aliphatic rings. The molecule has 2 aromatic rings. The number of allylic oxidation sites excluding steroid dienone is 1. The van der Waals surface area contributed by atoms with Crippen LogP contribution in [0.4, 0.5) is 5.69 Å². The maximum absolute atomic E-state index is 8.69. The van der Waals surface area contributed by atoms with Crippen LogP contribution in [0.5, 0.6) is 0 Å². The third-order valence-electron chi connectivity index (χ3n) is 3.68. The average Bonchev–Trinajstić information content (AvgIpc) is 2.48. The monoisotopic (exact) mass is 249 g/mol. The maximum Gasteiger partial charge on any atom is 0.0911 e. The predicted octanol–water partition coefficient (Wildman–Crippen LogP) is 3.28. The molecule has 1 aliphatic heterocycles. The summed E-state index contributed by atoms with van der Waals surface area (Å²) in [6, 6.07) is 10.5. The third-order valence-corrected chi connectivity index (χ3v) is 3.68. The Morgan fingerprint density at radius 2 is 2.05 bits per heavy atom. The molecule has 1 fully saturated rings. The summed E-state index contributed by atoms with van der Waals surface area (Å²) in [5, 5.41) is 11.1. The first-order chi connectivity index (χ1) is 9.38. The second kappa shape index (κ2) is 5.11. The highest BCUT2D eigenvalue weighted by Gasteiger charge is 2.15. The van der Waals surface area contributed by atoms with Gasteiger partial charge in [0.1, 0.15) is 0 Å². The van der Waals surface area contributed by atoms with Crippen molar-refractivity contribution in [3.8, 4) is 6.07 Å². The van der Waals surface area contributed by atoms with Crippen LogP contribution in [-0.2, 0) is 0 Å². The number of hydrogen-bond donors (Lipinski definition) is 0. The molecule has 3 heteroatoms. The Morgan fingerprint density at radius 1 is 1.21 bits per heavy atom. The number of rotatable bonds is 1. The number of aromatic nitrogens is 1. The Labute approximate surface area is 112 Å². The minimum absolute atomic E-state index is 0.974. The quantitative estimate of drug-likeness (QED) is 0.728. The summed E-state index contributed by atoms with van der Waals surface area (Å²) in [4.78, 5) is 6.62. The maximum atomic E-state index is 8.69. The van der Waals surface area contributed by atoms with Crippen molar-refractivity contribution in [2.24, 2.45) is 0 Å². The first kappa shape index (κ1) is 11.7. The van der Waals surface area contributed by atoms with E-state index in [1.54, 1.807) is 6.08 Å². The van der Waals surface area contributed by atoms with Crippen molar-refractivity contribution in [1.82, 2.24) is 4.98 Å². The Kier molecular flexibility index (Phi) is 3.16. The zero-order chi connectivity index (χ0) is 13.1. The molecule has 0 N–H and O–H groups in total. The van der Waals surface area contributed by atoms with E-state index in [-0.39, 0.29) is 0 Å². The van der Waals surface area contributed by atoms with E-state index in [0.717, 1.165) is 25.9 Å². The van der Waals surface area contributed by atoms with Crippen LogP contribution < -0.4 is 4.90 Å². The molecule has 1 aromatic heterocycles. The lowest BCUT2D eigenvalue weighted by molar-refractivity contribution is 0.687. The Hall–Kier alpha value is -2.34. The lowest BCUT2D eigenvalue weighted by atomic mass is 10.0. The van der Waals surface area contributed by atoms with Gasteiger partial charge < -0.3 is 4.90 Å². The molecule has 0 unspecified atom stereocenters. The van der Waals surface area contributed by atoms with Gasteiger partial charge in [-0.2, -0.15) is 5.26 Å². The SMILES string of the molecule is N#CC=C1CCN(c2cccc3ccncc23)CC1. The molecular weight excluding hydrogens is 234 g/mol. The van der Waals surface area contributed by atoms with Gasteiger partial charge in [0.2, 0.25) is 0 Å². The van der Waals surface area contributed by atoms with Crippen LogP contribution in [-0.4, -0.2) is 18.1 Å². The highest BCUT2D eigenvalue weighted by molar-refractivity contribution is 5.93. The third kappa shape index (κ3) is 2.30. The summed E-state index contributed by atoms with van der Waals surface area (Å²) in [7, 11) is 0. The van der Waals surface area contributed by atoms with Crippen molar-refractivity contribution in [3.05, 3.63) is 48.3 Å². The molecule has 0 aliphatic carbocycles. The molecule has 0 atom stereocenters. The fourth-order valence-corrected chi connectivity index (χ4v) is 2.64. The predicted molar refractivity (Wildman–Crippen MR) is 76.9 cm³/mol. The van der Waals surface area contributed by atoms with Gasteiger partial charge in [-0.1, -0.05) is 17.7 Å². The molecule has 1 aromatic carbocycles. The smallest absolute Gasteiger partial charge is 0.0911 e. The van der Waals surface area contributed by atoms with E-state index in [1.165, 1.54) is 22.0 Å². The second-order valence-corrected chi connectivity index (χ2v) is 4.79. The van der Waals surface area contributed by atoms with Gasteiger partial charge in [-0.3, -0.25) is 4.98 Å². The fraction of sp³-hybridized carbons (Fsp3) is 0.250. The number of benzene rings is 1. The standard InChI is InChI=1S/C16H15N3/c17-8-4-13-6-10-19(11-7-13)16-3-1-2-14-5-9-18-12-15(14)16/h1-5,9,12H,6-7,10-11H2. The van der Waals surface area contributed by atoms with E-state index >= 15 is 0 Å². The van der Waals surface area contributed by atoms with E-state index in [0.29, 0.717) is 0 Å². The summed E-state index contributed by atoms with van der Waals surface area (Å²) in [5.41, 5.74) is 2.51. The molecule has 3 nitrogen and oxygen atoms in total. The average molecular weight is 249 g/mol. The van der Waals surface area contributed by atoms with Crippen molar-refractivity contribution in [3.63, 3.8) is 0 Å². The van der Waals surface area contributed by atoms with Gasteiger partial charge in [-0.25, -0.2) is 0 Å². The van der Waals surface area contributed by atoms with Crippen LogP contribution in [0.2, 0.25) is 0 Å². The van der Waals surface area contributed by atoms with Crippen LogP contribution in [0.3, 0.4) is 0 Å². The van der Waals surface area contributed by atoms with Crippen molar-refractivity contribution in [2.45, 2.75) is 12.8 Å². The van der Waals surface area contributed by atoms with E-state index in [1.807, 2.05) is 18.5 Å². The van der Waals surface area contributed by atoms with Crippen molar-refractivity contribution >= 4 is 16.5 Å². The molecular formula is C16H15N3. The normalized spacial score (nSPS) is 15.3. The number of pyridine rings is 1. The summed E-state index contributed by atoms with van der Waals surface area (Å²) in [6.45, 7) is 1.95. The number of anilines is 1. The molecule has 94 valence electrons. The van der Waals surface area contributed by atoms with Crippen LogP contribution in [0, 0.1) is 11.3 Å². The summed E-state index contributed by atoms with van der Waals surface area (Å²) in [6.07, 6.45) is 7.41. The second-order valence-electron chi connectivity index (χ2n) is 4.79. The zero-order valence-corrected chi connectivity index (χ0v) is 10.7. The number of fused-ring (bicyclic) bond motifs is 1. The molecule has 0 radical (unpaired) electrons. The molecule has 0 amide bonds. The van der Waals surface area contributed by atoms with Gasteiger partial charge in [-0.05, 0) is 30.4 Å². The van der Waals surface area contributed by atoms with E-state index in [4.69, 9.17) is 5.26 Å². The van der Waals surface area contributed by atoms with E-state index < -0.39 is 0 Å². The van der Waals surface area contributed by atoms with E-state index in [9.17, 15) is 0 Å². The molecule has 19 heavy (non-hydrogen) atoms. The molecule has 1 saturated heterocycles. The fourth-order valence-electron chi connectivity index (χ4n) is 2.64. The topological polar surface area (TPSA) is 39.9 Å². The Bertz CT molecular complexity index is 652. The van der Waals surface area contributed by atoms with Crippen LogP contribution in [0.15, 0.2) is 48.3 Å².